The van der Waals surface area contributed by atoms with Crippen molar-refractivity contribution >= 4 is 32.4 Å². The Morgan fingerprint density at radius 3 is 2.94 bits per heavy atom. The van der Waals surface area contributed by atoms with Crippen molar-refractivity contribution in [1.29, 1.82) is 0 Å². The molecule has 0 amide bonds. The highest BCUT2D eigenvalue weighted by Crippen LogP contribution is 2.22. The molecule has 1 heterocycles. The molecule has 2 N–H and O–H groups in total. The molecule has 0 spiro atoms. The minimum Gasteiger partial charge on any atom is -0.398 e. The molecule has 18 heavy (non-hydrogen) atoms. The second-order valence-corrected chi connectivity index (χ2v) is 6.39. The number of aromatic nitrogens is 2. The van der Waals surface area contributed by atoms with E-state index in [1.165, 1.54) is 0 Å². The maximum atomic E-state index is 12.2. The summed E-state index contributed by atoms with van der Waals surface area (Å²) in [5.41, 5.74) is 6.40. The van der Waals surface area contributed by atoms with Gasteiger partial charge < -0.3 is 10.3 Å². The highest BCUT2D eigenvalue weighted by molar-refractivity contribution is 9.10. The SMILES string of the molecule is Cn1ccnc1CCS(=O)c1cc(Br)ccc1N. The Hall–Kier alpha value is -1.14. The first-order chi connectivity index (χ1) is 8.58. The van der Waals surface area contributed by atoms with Crippen LogP contribution in [0.25, 0.3) is 0 Å². The van der Waals surface area contributed by atoms with Gasteiger partial charge in [-0.1, -0.05) is 15.9 Å². The molecule has 1 atom stereocenters. The van der Waals surface area contributed by atoms with Crippen molar-refractivity contribution in [3.05, 3.63) is 40.9 Å². The molecule has 0 aliphatic carbocycles. The number of hydrogen-bond acceptors (Lipinski definition) is 3. The van der Waals surface area contributed by atoms with Crippen LogP contribution < -0.4 is 5.73 Å². The minimum atomic E-state index is -1.11. The summed E-state index contributed by atoms with van der Waals surface area (Å²) in [6.07, 6.45) is 4.29. The van der Waals surface area contributed by atoms with Gasteiger partial charge in [-0.3, -0.25) is 4.21 Å². The summed E-state index contributed by atoms with van der Waals surface area (Å²) < 4.78 is 15.0. The Bertz CT molecular complexity index is 582. The first-order valence-corrected chi connectivity index (χ1v) is 7.58. The van der Waals surface area contributed by atoms with E-state index < -0.39 is 10.8 Å². The number of nitrogen functional groups attached to an aromatic ring is 1. The molecule has 0 saturated heterocycles. The van der Waals surface area contributed by atoms with E-state index in [-0.39, 0.29) is 0 Å². The fraction of sp³-hybridized carbons (Fsp3) is 0.250. The molecule has 0 aliphatic heterocycles. The molecule has 6 heteroatoms. The van der Waals surface area contributed by atoms with Crippen LogP contribution in [0.5, 0.6) is 0 Å². The number of halogens is 1. The normalized spacial score (nSPS) is 12.6. The van der Waals surface area contributed by atoms with Gasteiger partial charge in [0, 0.05) is 41.8 Å². The van der Waals surface area contributed by atoms with Crippen LogP contribution >= 0.6 is 15.9 Å². The standard InChI is InChI=1S/C12H14BrN3OS/c1-16-6-5-15-12(16)4-7-18(17)11-8-9(13)2-3-10(11)14/h2-3,5-6,8H,4,7,14H2,1H3. The summed E-state index contributed by atoms with van der Waals surface area (Å²) in [4.78, 5) is 4.89. The van der Waals surface area contributed by atoms with Crippen molar-refractivity contribution < 1.29 is 4.21 Å². The third-order valence-corrected chi connectivity index (χ3v) is 4.57. The summed E-state index contributed by atoms with van der Waals surface area (Å²) in [6.45, 7) is 0. The predicted molar refractivity (Wildman–Crippen MR) is 76.7 cm³/mol. The van der Waals surface area contributed by atoms with E-state index in [1.807, 2.05) is 29.9 Å². The van der Waals surface area contributed by atoms with Gasteiger partial charge in [0.25, 0.3) is 0 Å². The maximum absolute atomic E-state index is 12.2. The van der Waals surface area contributed by atoms with E-state index in [2.05, 4.69) is 20.9 Å². The van der Waals surface area contributed by atoms with Crippen LogP contribution in [0.2, 0.25) is 0 Å². The molecule has 0 saturated carbocycles. The third-order valence-electron chi connectivity index (χ3n) is 2.65. The lowest BCUT2D eigenvalue weighted by molar-refractivity contribution is 0.680. The molecule has 0 bridgehead atoms. The van der Waals surface area contributed by atoms with Crippen molar-refractivity contribution in [3.63, 3.8) is 0 Å². The van der Waals surface area contributed by atoms with Crippen LogP contribution in [0.1, 0.15) is 5.82 Å². The van der Waals surface area contributed by atoms with Crippen LogP contribution in [0.4, 0.5) is 5.69 Å². The van der Waals surface area contributed by atoms with Gasteiger partial charge in [-0.25, -0.2) is 4.98 Å². The summed E-state index contributed by atoms with van der Waals surface area (Å²) in [7, 11) is 0.823. The highest BCUT2D eigenvalue weighted by Gasteiger charge is 2.10. The number of nitrogens with zero attached hydrogens (tertiary/aromatic N) is 2. The van der Waals surface area contributed by atoms with Crippen molar-refractivity contribution in [2.75, 3.05) is 11.5 Å². The first-order valence-electron chi connectivity index (χ1n) is 5.47. The molecule has 1 aromatic carbocycles. The van der Waals surface area contributed by atoms with Crippen LogP contribution in [0.3, 0.4) is 0 Å². The minimum absolute atomic E-state index is 0.519. The van der Waals surface area contributed by atoms with Crippen LogP contribution in [-0.4, -0.2) is 19.5 Å². The van der Waals surface area contributed by atoms with E-state index in [0.29, 0.717) is 22.8 Å². The van der Waals surface area contributed by atoms with Gasteiger partial charge >= 0.3 is 0 Å². The Morgan fingerprint density at radius 2 is 2.28 bits per heavy atom. The fourth-order valence-corrected chi connectivity index (χ4v) is 3.33. The molecular formula is C12H14BrN3OS. The van der Waals surface area contributed by atoms with Crippen molar-refractivity contribution in [2.24, 2.45) is 7.05 Å². The summed E-state index contributed by atoms with van der Waals surface area (Å²) in [6, 6.07) is 5.41. The summed E-state index contributed by atoms with van der Waals surface area (Å²) in [5, 5.41) is 0. The zero-order valence-corrected chi connectivity index (χ0v) is 12.4. The fourth-order valence-electron chi connectivity index (χ4n) is 1.64. The van der Waals surface area contributed by atoms with Gasteiger partial charge in [-0.05, 0) is 18.2 Å². The van der Waals surface area contributed by atoms with E-state index in [9.17, 15) is 4.21 Å². The monoisotopic (exact) mass is 327 g/mol. The number of rotatable bonds is 4. The molecule has 1 unspecified atom stereocenters. The van der Waals surface area contributed by atoms with Crippen molar-refractivity contribution in [3.8, 4) is 0 Å². The third kappa shape index (κ3) is 3.00. The molecule has 2 aromatic rings. The van der Waals surface area contributed by atoms with Gasteiger partial charge in [0.2, 0.25) is 0 Å². The van der Waals surface area contributed by atoms with Gasteiger partial charge in [0.15, 0.2) is 0 Å². The molecule has 2 rings (SSSR count). The lowest BCUT2D eigenvalue weighted by Crippen LogP contribution is -2.07. The zero-order chi connectivity index (χ0) is 13.1. The maximum Gasteiger partial charge on any atom is 0.109 e. The number of aryl methyl sites for hydroxylation is 2. The molecule has 0 fully saturated rings. The Morgan fingerprint density at radius 1 is 1.50 bits per heavy atom. The zero-order valence-electron chi connectivity index (χ0n) is 9.97. The largest absolute Gasteiger partial charge is 0.398 e. The van der Waals surface area contributed by atoms with E-state index in [1.54, 1.807) is 12.3 Å². The van der Waals surface area contributed by atoms with Crippen molar-refractivity contribution in [2.45, 2.75) is 11.3 Å². The van der Waals surface area contributed by atoms with E-state index in [4.69, 9.17) is 5.73 Å². The predicted octanol–water partition coefficient (Wildman–Crippen LogP) is 2.12. The Labute approximate surface area is 117 Å². The van der Waals surface area contributed by atoms with Crippen molar-refractivity contribution in [1.82, 2.24) is 9.55 Å². The Kier molecular flexibility index (Phi) is 4.19. The topological polar surface area (TPSA) is 60.9 Å². The number of nitrogens with two attached hydrogens (primary N) is 1. The molecule has 0 radical (unpaired) electrons. The second-order valence-electron chi connectivity index (χ2n) is 3.94. The average molecular weight is 328 g/mol. The highest BCUT2D eigenvalue weighted by atomic mass is 79.9. The number of imidazole rings is 1. The quantitative estimate of drug-likeness (QED) is 0.875. The Balaban J connectivity index is 2.08. The molecule has 1 aromatic heterocycles. The first kappa shape index (κ1) is 13.3. The smallest absolute Gasteiger partial charge is 0.109 e. The average Bonchev–Trinajstić information content (AvgIpc) is 2.75. The molecule has 0 aliphatic rings. The van der Waals surface area contributed by atoms with Gasteiger partial charge in [-0.2, -0.15) is 0 Å². The van der Waals surface area contributed by atoms with E-state index >= 15 is 0 Å². The lowest BCUT2D eigenvalue weighted by Gasteiger charge is -2.06. The molecule has 4 nitrogen and oxygen atoms in total. The summed E-state index contributed by atoms with van der Waals surface area (Å²) in [5.74, 6) is 1.45. The van der Waals surface area contributed by atoms with Crippen LogP contribution in [0.15, 0.2) is 40.0 Å². The lowest BCUT2D eigenvalue weighted by atomic mass is 10.3. The van der Waals surface area contributed by atoms with Gasteiger partial charge in [0.1, 0.15) is 5.82 Å². The number of anilines is 1. The second kappa shape index (κ2) is 5.67. The van der Waals surface area contributed by atoms with Gasteiger partial charge in [0.05, 0.1) is 15.7 Å². The van der Waals surface area contributed by atoms with E-state index in [0.717, 1.165) is 10.3 Å². The number of hydrogen-bond donors (Lipinski definition) is 1. The van der Waals surface area contributed by atoms with Crippen LogP contribution in [-0.2, 0) is 24.3 Å². The van der Waals surface area contributed by atoms with Crippen LogP contribution in [0, 0.1) is 0 Å². The summed E-state index contributed by atoms with van der Waals surface area (Å²) >= 11 is 3.36. The van der Waals surface area contributed by atoms with Gasteiger partial charge in [-0.15, -0.1) is 0 Å². The number of benzene rings is 1. The molecule has 96 valence electrons. The molecular weight excluding hydrogens is 314 g/mol.